The van der Waals surface area contributed by atoms with Crippen molar-refractivity contribution in [3.8, 4) is 0 Å². The Balaban J connectivity index is 1.85. The van der Waals surface area contributed by atoms with Gasteiger partial charge in [-0.15, -0.1) is 0 Å². The summed E-state index contributed by atoms with van der Waals surface area (Å²) in [7, 11) is 2.28. The molecule has 2 rings (SSSR count). The lowest BCUT2D eigenvalue weighted by atomic mass is 9.85. The molecule has 0 amide bonds. The second-order valence-corrected chi connectivity index (χ2v) is 6.83. The average molecular weight is 224 g/mol. The third kappa shape index (κ3) is 2.43. The molecule has 2 fully saturated rings. The lowest BCUT2D eigenvalue weighted by molar-refractivity contribution is 0.181. The van der Waals surface area contributed by atoms with Crippen LogP contribution in [0.3, 0.4) is 0 Å². The Bertz CT molecular complexity index is 245. The first-order chi connectivity index (χ1) is 7.42. The normalized spacial score (nSPS) is 35.6. The van der Waals surface area contributed by atoms with Gasteiger partial charge in [-0.05, 0) is 56.9 Å². The van der Waals surface area contributed by atoms with Crippen LogP contribution in [0.4, 0.5) is 0 Å². The zero-order valence-electron chi connectivity index (χ0n) is 11.4. The van der Waals surface area contributed by atoms with Crippen molar-refractivity contribution >= 4 is 0 Å². The van der Waals surface area contributed by atoms with Crippen LogP contribution in [-0.2, 0) is 0 Å². The van der Waals surface area contributed by atoms with Gasteiger partial charge in [-0.2, -0.15) is 0 Å². The van der Waals surface area contributed by atoms with Crippen molar-refractivity contribution in [2.75, 3.05) is 13.6 Å². The van der Waals surface area contributed by atoms with E-state index in [9.17, 15) is 0 Å². The Labute approximate surface area is 101 Å². The zero-order valence-corrected chi connectivity index (χ0v) is 11.4. The summed E-state index contributed by atoms with van der Waals surface area (Å²) in [5.41, 5.74) is 6.73. The molecule has 0 bridgehead atoms. The van der Waals surface area contributed by atoms with E-state index in [4.69, 9.17) is 5.73 Å². The summed E-state index contributed by atoms with van der Waals surface area (Å²) in [5.74, 6) is 1.68. The van der Waals surface area contributed by atoms with Gasteiger partial charge < -0.3 is 10.6 Å². The standard InChI is InChI=1S/C14H28N2/c1-10(11-5-6-11)16(4)9-12-7-8-14(2,3)13(12)15/h10-13H,5-9,15H2,1-4H3. The quantitative estimate of drug-likeness (QED) is 0.795. The zero-order chi connectivity index (χ0) is 11.9. The summed E-state index contributed by atoms with van der Waals surface area (Å²) in [4.78, 5) is 2.55. The first-order valence-corrected chi connectivity index (χ1v) is 6.87. The highest BCUT2D eigenvalue weighted by atomic mass is 15.1. The monoisotopic (exact) mass is 224 g/mol. The Morgan fingerprint density at radius 1 is 1.31 bits per heavy atom. The number of nitrogens with zero attached hydrogens (tertiary/aromatic N) is 1. The Hall–Kier alpha value is -0.0800. The van der Waals surface area contributed by atoms with Gasteiger partial charge in [0.1, 0.15) is 0 Å². The minimum absolute atomic E-state index is 0.355. The maximum Gasteiger partial charge on any atom is 0.0131 e. The first kappa shape index (κ1) is 12.4. The molecule has 2 nitrogen and oxygen atoms in total. The fraction of sp³-hybridized carbons (Fsp3) is 1.00. The van der Waals surface area contributed by atoms with Crippen molar-refractivity contribution in [3.63, 3.8) is 0 Å². The summed E-state index contributed by atoms with van der Waals surface area (Å²) in [6, 6.07) is 1.15. The molecule has 94 valence electrons. The molecule has 2 N–H and O–H groups in total. The van der Waals surface area contributed by atoms with Crippen molar-refractivity contribution in [1.29, 1.82) is 0 Å². The van der Waals surface area contributed by atoms with E-state index in [0.29, 0.717) is 17.4 Å². The van der Waals surface area contributed by atoms with Crippen molar-refractivity contribution in [2.24, 2.45) is 23.0 Å². The van der Waals surface area contributed by atoms with Gasteiger partial charge in [-0.25, -0.2) is 0 Å². The molecule has 2 aliphatic rings. The van der Waals surface area contributed by atoms with Gasteiger partial charge in [-0.1, -0.05) is 13.8 Å². The van der Waals surface area contributed by atoms with E-state index in [1.165, 1.54) is 32.2 Å². The van der Waals surface area contributed by atoms with Crippen LogP contribution in [0.2, 0.25) is 0 Å². The highest BCUT2D eigenvalue weighted by Gasteiger charge is 2.40. The Morgan fingerprint density at radius 3 is 2.38 bits per heavy atom. The van der Waals surface area contributed by atoms with Crippen LogP contribution in [0.1, 0.15) is 46.5 Å². The van der Waals surface area contributed by atoms with Crippen LogP contribution in [-0.4, -0.2) is 30.6 Å². The van der Waals surface area contributed by atoms with Crippen LogP contribution >= 0.6 is 0 Å². The number of nitrogens with two attached hydrogens (primary N) is 1. The second kappa shape index (κ2) is 4.30. The van der Waals surface area contributed by atoms with Crippen LogP contribution in [0.5, 0.6) is 0 Å². The fourth-order valence-corrected chi connectivity index (χ4v) is 3.22. The predicted molar refractivity (Wildman–Crippen MR) is 69.3 cm³/mol. The van der Waals surface area contributed by atoms with E-state index in [1.54, 1.807) is 0 Å². The average Bonchev–Trinajstić information content (AvgIpc) is 3.01. The molecule has 0 aromatic carbocycles. The van der Waals surface area contributed by atoms with Crippen molar-refractivity contribution in [3.05, 3.63) is 0 Å². The second-order valence-electron chi connectivity index (χ2n) is 6.83. The number of hydrogen-bond donors (Lipinski definition) is 1. The molecule has 3 unspecified atom stereocenters. The molecule has 2 heteroatoms. The third-order valence-corrected chi connectivity index (χ3v) is 5.09. The SMILES string of the molecule is CC(C1CC1)N(C)CC1CCC(C)(C)C1N. The minimum atomic E-state index is 0.355. The largest absolute Gasteiger partial charge is 0.327 e. The first-order valence-electron chi connectivity index (χ1n) is 6.87. The number of rotatable bonds is 4. The topological polar surface area (TPSA) is 29.3 Å². The molecule has 0 heterocycles. The molecule has 2 saturated carbocycles. The van der Waals surface area contributed by atoms with Crippen LogP contribution < -0.4 is 5.73 Å². The van der Waals surface area contributed by atoms with Crippen LogP contribution in [0.15, 0.2) is 0 Å². The predicted octanol–water partition coefficient (Wildman–Crippen LogP) is 2.48. The molecule has 0 aromatic heterocycles. The summed E-state index contributed by atoms with van der Waals surface area (Å²) < 4.78 is 0. The molecule has 0 radical (unpaired) electrons. The Morgan fingerprint density at radius 2 is 1.94 bits per heavy atom. The van der Waals surface area contributed by atoms with Crippen LogP contribution in [0, 0.1) is 17.3 Å². The maximum absolute atomic E-state index is 6.37. The number of hydrogen-bond acceptors (Lipinski definition) is 2. The summed E-state index contributed by atoms with van der Waals surface area (Å²) in [6.45, 7) is 8.22. The van der Waals surface area contributed by atoms with Crippen molar-refractivity contribution < 1.29 is 0 Å². The van der Waals surface area contributed by atoms with E-state index >= 15 is 0 Å². The van der Waals surface area contributed by atoms with Gasteiger partial charge in [0.15, 0.2) is 0 Å². The summed E-state index contributed by atoms with van der Waals surface area (Å²) in [5, 5.41) is 0. The highest BCUT2D eigenvalue weighted by Crippen LogP contribution is 2.41. The van der Waals surface area contributed by atoms with Crippen LogP contribution in [0.25, 0.3) is 0 Å². The molecular formula is C14H28N2. The highest BCUT2D eigenvalue weighted by molar-refractivity contribution is 4.96. The van der Waals surface area contributed by atoms with Gasteiger partial charge in [-0.3, -0.25) is 0 Å². The smallest absolute Gasteiger partial charge is 0.0131 e. The van der Waals surface area contributed by atoms with Crippen molar-refractivity contribution in [2.45, 2.75) is 58.5 Å². The molecule has 2 aliphatic carbocycles. The van der Waals surface area contributed by atoms with E-state index in [1.807, 2.05) is 0 Å². The van der Waals surface area contributed by atoms with E-state index in [0.717, 1.165) is 12.0 Å². The van der Waals surface area contributed by atoms with Crippen molar-refractivity contribution in [1.82, 2.24) is 4.90 Å². The lowest BCUT2D eigenvalue weighted by Gasteiger charge is -2.32. The van der Waals surface area contributed by atoms with Gasteiger partial charge in [0.25, 0.3) is 0 Å². The molecule has 16 heavy (non-hydrogen) atoms. The third-order valence-electron chi connectivity index (χ3n) is 5.09. The van der Waals surface area contributed by atoms with Gasteiger partial charge >= 0.3 is 0 Å². The maximum atomic E-state index is 6.37. The molecule has 0 aliphatic heterocycles. The lowest BCUT2D eigenvalue weighted by Crippen LogP contribution is -2.43. The molecular weight excluding hydrogens is 196 g/mol. The minimum Gasteiger partial charge on any atom is -0.327 e. The Kier molecular flexibility index (Phi) is 3.33. The van der Waals surface area contributed by atoms with Gasteiger partial charge in [0, 0.05) is 18.6 Å². The van der Waals surface area contributed by atoms with E-state index in [2.05, 4.69) is 32.7 Å². The van der Waals surface area contributed by atoms with Gasteiger partial charge in [0.2, 0.25) is 0 Å². The van der Waals surface area contributed by atoms with Gasteiger partial charge in [0.05, 0.1) is 0 Å². The molecule has 0 saturated heterocycles. The van der Waals surface area contributed by atoms with E-state index < -0.39 is 0 Å². The fourth-order valence-electron chi connectivity index (χ4n) is 3.22. The molecule has 0 aromatic rings. The molecule has 0 spiro atoms. The molecule has 3 atom stereocenters. The summed E-state index contributed by atoms with van der Waals surface area (Å²) in [6.07, 6.45) is 5.49. The van der Waals surface area contributed by atoms with E-state index in [-0.39, 0.29) is 0 Å². The summed E-state index contributed by atoms with van der Waals surface area (Å²) >= 11 is 0.